The number of carbonyl (C=O) groups excluding carboxylic acids is 1. The number of aliphatic hydroxyl groups excluding tert-OH is 1. The van der Waals surface area contributed by atoms with Crippen LogP contribution in [0.4, 0.5) is 26.4 Å². The van der Waals surface area contributed by atoms with Gasteiger partial charge in [0, 0.05) is 22.5 Å². The SMILES string of the molecule is CC1(C(N)=O)CCC(n2c(Nc3c(F)cc(Cl)cc3F)nc3cnc(NC4CC[C@@H](O)C4)nc32)CC1. The van der Waals surface area contributed by atoms with Gasteiger partial charge in [0.25, 0.3) is 0 Å². The van der Waals surface area contributed by atoms with E-state index in [9.17, 15) is 18.7 Å². The molecular weight excluding hydrogens is 492 g/mol. The Morgan fingerprint density at radius 3 is 2.50 bits per heavy atom. The van der Waals surface area contributed by atoms with Gasteiger partial charge in [0.05, 0.1) is 12.3 Å². The highest BCUT2D eigenvalue weighted by atomic mass is 35.5. The summed E-state index contributed by atoms with van der Waals surface area (Å²) in [6.07, 6.45) is 5.67. The maximum Gasteiger partial charge on any atom is 0.224 e. The lowest BCUT2D eigenvalue weighted by molar-refractivity contribution is -0.128. The Bertz CT molecular complexity index is 1290. The number of hydrogen-bond acceptors (Lipinski definition) is 7. The summed E-state index contributed by atoms with van der Waals surface area (Å²) in [5, 5.41) is 15.9. The molecule has 36 heavy (non-hydrogen) atoms. The molecule has 0 radical (unpaired) electrons. The zero-order valence-electron chi connectivity index (χ0n) is 19.8. The maximum atomic E-state index is 14.6. The number of benzene rings is 1. The highest BCUT2D eigenvalue weighted by Crippen LogP contribution is 2.43. The molecule has 2 aliphatic rings. The van der Waals surface area contributed by atoms with Gasteiger partial charge in [-0.25, -0.2) is 18.7 Å². The quantitative estimate of drug-likeness (QED) is 0.379. The van der Waals surface area contributed by atoms with E-state index in [1.54, 1.807) is 6.20 Å². The second-order valence-corrected chi connectivity index (χ2v) is 10.5. The number of aromatic nitrogens is 4. The Kier molecular flexibility index (Phi) is 6.46. The Balaban J connectivity index is 1.53. The van der Waals surface area contributed by atoms with Crippen LogP contribution in [-0.2, 0) is 4.79 Å². The van der Waals surface area contributed by atoms with Crippen LogP contribution in [0.2, 0.25) is 5.02 Å². The molecule has 5 N–H and O–H groups in total. The van der Waals surface area contributed by atoms with Crippen LogP contribution in [0.5, 0.6) is 0 Å². The number of fused-ring (bicyclic) bond motifs is 1. The van der Waals surface area contributed by atoms with Crippen molar-refractivity contribution in [3.63, 3.8) is 0 Å². The number of anilines is 3. The number of halogens is 3. The van der Waals surface area contributed by atoms with E-state index < -0.39 is 17.0 Å². The molecule has 2 aliphatic carbocycles. The molecular formula is C24H28ClF2N7O2. The fraction of sp³-hybridized carbons (Fsp3) is 0.500. The predicted octanol–water partition coefficient (Wildman–Crippen LogP) is 4.43. The lowest BCUT2D eigenvalue weighted by Crippen LogP contribution is -2.38. The van der Waals surface area contributed by atoms with Gasteiger partial charge in [0.1, 0.15) is 11.2 Å². The third-order valence-corrected chi connectivity index (χ3v) is 7.65. The van der Waals surface area contributed by atoms with Gasteiger partial charge in [-0.15, -0.1) is 0 Å². The Hall–Kier alpha value is -3.05. The topological polar surface area (TPSA) is 131 Å². The number of primary amides is 1. The summed E-state index contributed by atoms with van der Waals surface area (Å²) in [6, 6.07) is 1.96. The molecule has 192 valence electrons. The number of nitrogens with two attached hydrogens (primary N) is 1. The maximum absolute atomic E-state index is 14.6. The van der Waals surface area contributed by atoms with Gasteiger partial charge in [-0.1, -0.05) is 18.5 Å². The lowest BCUT2D eigenvalue weighted by Gasteiger charge is -2.35. The van der Waals surface area contributed by atoms with Crippen LogP contribution in [0.25, 0.3) is 11.2 Å². The molecule has 0 aliphatic heterocycles. The van der Waals surface area contributed by atoms with Crippen LogP contribution < -0.4 is 16.4 Å². The van der Waals surface area contributed by atoms with E-state index in [0.29, 0.717) is 55.6 Å². The summed E-state index contributed by atoms with van der Waals surface area (Å²) in [5.74, 6) is -1.45. The number of carbonyl (C=O) groups is 1. The molecule has 2 heterocycles. The molecule has 0 spiro atoms. The minimum Gasteiger partial charge on any atom is -0.393 e. The minimum absolute atomic E-state index is 0.0506. The molecule has 1 amide bonds. The van der Waals surface area contributed by atoms with Crippen molar-refractivity contribution >= 4 is 46.3 Å². The number of imidazole rings is 1. The Morgan fingerprint density at radius 1 is 1.19 bits per heavy atom. The molecule has 2 aromatic heterocycles. The van der Waals surface area contributed by atoms with Crippen molar-refractivity contribution in [2.24, 2.45) is 11.1 Å². The van der Waals surface area contributed by atoms with E-state index >= 15 is 0 Å². The second kappa shape index (κ2) is 9.44. The molecule has 1 aromatic carbocycles. The van der Waals surface area contributed by atoms with Crippen molar-refractivity contribution in [1.82, 2.24) is 19.5 Å². The van der Waals surface area contributed by atoms with E-state index in [1.807, 2.05) is 11.5 Å². The van der Waals surface area contributed by atoms with E-state index in [4.69, 9.17) is 17.3 Å². The van der Waals surface area contributed by atoms with E-state index in [2.05, 4.69) is 25.6 Å². The van der Waals surface area contributed by atoms with Crippen LogP contribution in [0, 0.1) is 17.0 Å². The van der Waals surface area contributed by atoms with Crippen molar-refractivity contribution in [3.8, 4) is 0 Å². The molecule has 12 heteroatoms. The standard InChI is InChI=1S/C24H28ClF2N7O2/c1-24(21(28)36)6-4-14(5-7-24)34-20-18(11-29-22(33-20)30-13-2-3-15(35)10-13)31-23(34)32-19-16(26)8-12(25)9-17(19)27/h8-9,11,13-15,35H,2-7,10H2,1H3,(H2,28,36)(H,31,32)(H,29,30,33)/t13?,14?,15-,24?/m1/s1. The highest BCUT2D eigenvalue weighted by molar-refractivity contribution is 6.30. The molecule has 2 atom stereocenters. The summed E-state index contributed by atoms with van der Waals surface area (Å²) in [7, 11) is 0. The fourth-order valence-electron chi connectivity index (χ4n) is 5.18. The number of hydrogen-bond donors (Lipinski definition) is 4. The molecule has 3 aromatic rings. The fourth-order valence-corrected chi connectivity index (χ4v) is 5.38. The smallest absolute Gasteiger partial charge is 0.224 e. The van der Waals surface area contributed by atoms with Crippen molar-refractivity contribution in [2.75, 3.05) is 10.6 Å². The first-order valence-corrected chi connectivity index (χ1v) is 12.4. The molecule has 2 saturated carbocycles. The van der Waals surface area contributed by atoms with E-state index in [1.165, 1.54) is 0 Å². The van der Waals surface area contributed by atoms with Gasteiger partial charge in [-0.3, -0.25) is 9.36 Å². The molecule has 5 rings (SSSR count). The first-order valence-electron chi connectivity index (χ1n) is 12.0. The van der Waals surface area contributed by atoms with Crippen LogP contribution >= 0.6 is 11.6 Å². The molecule has 0 saturated heterocycles. The average molecular weight is 520 g/mol. The van der Waals surface area contributed by atoms with Crippen molar-refractivity contribution in [1.29, 1.82) is 0 Å². The van der Waals surface area contributed by atoms with Crippen LogP contribution in [0.15, 0.2) is 18.3 Å². The Labute approximate surface area is 211 Å². The summed E-state index contributed by atoms with van der Waals surface area (Å²) < 4.78 is 31.0. The first kappa shape index (κ1) is 24.6. The summed E-state index contributed by atoms with van der Waals surface area (Å²) in [4.78, 5) is 25.6. The molecule has 2 fully saturated rings. The van der Waals surface area contributed by atoms with Gasteiger partial charge < -0.3 is 21.5 Å². The largest absolute Gasteiger partial charge is 0.393 e. The van der Waals surface area contributed by atoms with E-state index in [0.717, 1.165) is 18.6 Å². The molecule has 9 nitrogen and oxygen atoms in total. The summed E-state index contributed by atoms with van der Waals surface area (Å²) in [5.41, 5.74) is 5.59. The third-order valence-electron chi connectivity index (χ3n) is 7.43. The predicted molar refractivity (Wildman–Crippen MR) is 132 cm³/mol. The number of aliphatic hydroxyl groups is 1. The van der Waals surface area contributed by atoms with Crippen LogP contribution in [-0.4, -0.2) is 42.7 Å². The molecule has 0 bridgehead atoms. The monoisotopic (exact) mass is 519 g/mol. The third kappa shape index (κ3) is 4.69. The Morgan fingerprint density at radius 2 is 1.89 bits per heavy atom. The normalized spacial score (nSPS) is 26.3. The van der Waals surface area contributed by atoms with Gasteiger partial charge in [-0.2, -0.15) is 4.98 Å². The zero-order valence-corrected chi connectivity index (χ0v) is 20.5. The van der Waals surface area contributed by atoms with Crippen LogP contribution in [0.3, 0.4) is 0 Å². The zero-order chi connectivity index (χ0) is 25.6. The minimum atomic E-state index is -0.850. The molecule has 1 unspecified atom stereocenters. The van der Waals surface area contributed by atoms with E-state index in [-0.39, 0.29) is 40.8 Å². The van der Waals surface area contributed by atoms with Crippen molar-refractivity contribution in [3.05, 3.63) is 35.0 Å². The lowest BCUT2D eigenvalue weighted by atomic mass is 9.73. The van der Waals surface area contributed by atoms with Crippen molar-refractivity contribution < 1.29 is 18.7 Å². The number of amides is 1. The van der Waals surface area contributed by atoms with Crippen LogP contribution in [0.1, 0.15) is 57.9 Å². The van der Waals surface area contributed by atoms with Crippen molar-refractivity contribution in [2.45, 2.75) is 70.1 Å². The second-order valence-electron chi connectivity index (χ2n) is 10.0. The van der Waals surface area contributed by atoms with Gasteiger partial charge >= 0.3 is 0 Å². The number of rotatable bonds is 6. The first-order chi connectivity index (χ1) is 17.1. The summed E-state index contributed by atoms with van der Waals surface area (Å²) in [6.45, 7) is 1.86. The number of nitrogens with zero attached hydrogens (tertiary/aromatic N) is 4. The van der Waals surface area contributed by atoms with Gasteiger partial charge in [0.2, 0.25) is 17.8 Å². The summed E-state index contributed by atoms with van der Waals surface area (Å²) >= 11 is 5.78. The number of nitrogens with one attached hydrogen (secondary N) is 2. The van der Waals surface area contributed by atoms with Gasteiger partial charge in [-0.05, 0) is 57.1 Å². The highest BCUT2D eigenvalue weighted by Gasteiger charge is 2.38. The van der Waals surface area contributed by atoms with Gasteiger partial charge in [0.15, 0.2) is 17.3 Å². The average Bonchev–Trinajstić information content (AvgIpc) is 3.39.